The van der Waals surface area contributed by atoms with Gasteiger partial charge in [0.1, 0.15) is 9.88 Å². The third-order valence-electron chi connectivity index (χ3n) is 5.66. The zero-order chi connectivity index (χ0) is 24.5. The Morgan fingerprint density at radius 1 is 0.833 bits per heavy atom. The molecule has 0 aliphatic rings. The molecule has 0 atom stereocenters. The zero-order valence-electron chi connectivity index (χ0n) is 19.2. The van der Waals surface area contributed by atoms with Crippen molar-refractivity contribution in [2.75, 3.05) is 5.32 Å². The molecule has 0 bridgehead atoms. The predicted molar refractivity (Wildman–Crippen MR) is 140 cm³/mol. The minimum atomic E-state index is -0.175. The van der Waals surface area contributed by atoms with E-state index in [1.165, 1.54) is 11.3 Å². The number of aromatic nitrogens is 6. The molecule has 6 aromatic rings. The number of fused-ring (bicyclic) bond motifs is 1. The maximum atomic E-state index is 12.9. The van der Waals surface area contributed by atoms with Gasteiger partial charge in [0.15, 0.2) is 11.5 Å². The second kappa shape index (κ2) is 9.12. The number of thiazole rings is 1. The van der Waals surface area contributed by atoms with Crippen LogP contribution in [0.25, 0.3) is 38.9 Å². The lowest BCUT2D eigenvalue weighted by Gasteiger charge is -2.07. The van der Waals surface area contributed by atoms with E-state index in [-0.39, 0.29) is 5.91 Å². The van der Waals surface area contributed by atoms with Gasteiger partial charge in [-0.25, -0.2) is 4.98 Å². The van der Waals surface area contributed by atoms with Crippen molar-refractivity contribution in [1.29, 1.82) is 0 Å². The van der Waals surface area contributed by atoms with Gasteiger partial charge in [-0.2, -0.15) is 9.61 Å². The van der Waals surface area contributed by atoms with Crippen molar-refractivity contribution in [1.82, 2.24) is 29.8 Å². The molecule has 0 spiro atoms. The van der Waals surface area contributed by atoms with Crippen LogP contribution in [0.3, 0.4) is 0 Å². The van der Waals surface area contributed by atoms with Crippen LogP contribution >= 0.6 is 11.3 Å². The number of amides is 1. The summed E-state index contributed by atoms with van der Waals surface area (Å²) in [6.07, 6.45) is 3.42. The van der Waals surface area contributed by atoms with Crippen LogP contribution in [0.2, 0.25) is 0 Å². The van der Waals surface area contributed by atoms with Crippen molar-refractivity contribution in [3.8, 4) is 33.2 Å². The molecule has 1 amide bonds. The molecular weight excluding hydrogens is 470 g/mol. The lowest BCUT2D eigenvalue weighted by atomic mass is 10.1. The van der Waals surface area contributed by atoms with Crippen molar-refractivity contribution < 1.29 is 4.79 Å². The summed E-state index contributed by atoms with van der Waals surface area (Å²) in [6.45, 7) is 1.86. The Bertz CT molecular complexity index is 1680. The van der Waals surface area contributed by atoms with Crippen molar-refractivity contribution in [3.05, 3.63) is 102 Å². The van der Waals surface area contributed by atoms with Crippen LogP contribution in [0.15, 0.2) is 91.3 Å². The van der Waals surface area contributed by atoms with E-state index in [2.05, 4.69) is 25.5 Å². The number of nitrogens with zero attached hydrogens (tertiary/aromatic N) is 6. The Morgan fingerprint density at radius 3 is 2.39 bits per heavy atom. The average Bonchev–Trinajstić information content (AvgIpc) is 3.53. The summed E-state index contributed by atoms with van der Waals surface area (Å²) >= 11 is 1.39. The van der Waals surface area contributed by atoms with Crippen LogP contribution in [0.1, 0.15) is 15.4 Å². The Balaban J connectivity index is 1.23. The van der Waals surface area contributed by atoms with Crippen LogP contribution in [0, 0.1) is 6.92 Å². The van der Waals surface area contributed by atoms with Crippen LogP contribution in [0.5, 0.6) is 0 Å². The minimum Gasteiger partial charge on any atom is -0.321 e. The van der Waals surface area contributed by atoms with Gasteiger partial charge in [-0.1, -0.05) is 42.5 Å². The summed E-state index contributed by atoms with van der Waals surface area (Å²) in [7, 11) is 0. The van der Waals surface area contributed by atoms with E-state index in [9.17, 15) is 4.79 Å². The molecule has 0 aliphatic carbocycles. The fraction of sp³-hybridized carbons (Fsp3) is 0.0370. The Labute approximate surface area is 210 Å². The first-order valence-corrected chi connectivity index (χ1v) is 12.0. The third-order valence-corrected chi connectivity index (χ3v) is 6.87. The van der Waals surface area contributed by atoms with Gasteiger partial charge in [0.2, 0.25) is 0 Å². The third kappa shape index (κ3) is 4.12. The van der Waals surface area contributed by atoms with Crippen LogP contribution < -0.4 is 5.32 Å². The molecule has 0 unspecified atom stereocenters. The van der Waals surface area contributed by atoms with Crippen molar-refractivity contribution in [3.63, 3.8) is 0 Å². The van der Waals surface area contributed by atoms with Crippen LogP contribution in [-0.4, -0.2) is 35.7 Å². The first-order valence-electron chi connectivity index (χ1n) is 11.2. The second-order valence-electron chi connectivity index (χ2n) is 8.08. The summed E-state index contributed by atoms with van der Waals surface area (Å²) < 4.78 is 1.72. The highest BCUT2D eigenvalue weighted by Gasteiger charge is 2.17. The van der Waals surface area contributed by atoms with Gasteiger partial charge in [0.25, 0.3) is 5.91 Å². The molecule has 4 aromatic heterocycles. The largest absolute Gasteiger partial charge is 0.321 e. The highest BCUT2D eigenvalue weighted by atomic mass is 32.1. The number of aryl methyl sites for hydroxylation is 1. The Hall–Kier alpha value is -4.76. The number of hydrogen-bond acceptors (Lipinski definition) is 7. The minimum absolute atomic E-state index is 0.175. The SMILES string of the molecule is Cc1nc(-c2ccccc2)sc1C(=O)Nc1ccc(-c2ccc3nnc(-c4ccncc4)n3n2)cc1. The zero-order valence-corrected chi connectivity index (χ0v) is 20.0. The monoisotopic (exact) mass is 489 g/mol. The quantitative estimate of drug-likeness (QED) is 0.342. The predicted octanol–water partition coefficient (Wildman–Crippen LogP) is 5.54. The van der Waals surface area contributed by atoms with Gasteiger partial charge < -0.3 is 5.32 Å². The molecule has 6 rings (SSSR count). The standard InChI is InChI=1S/C27H19N7OS/c1-17-24(36-27(29-17)20-5-3-2-4-6-20)26(35)30-21-9-7-18(8-10-21)22-11-12-23-31-32-25(34(23)33-22)19-13-15-28-16-14-19/h2-16H,1H3,(H,30,35). The van der Waals surface area contributed by atoms with E-state index >= 15 is 0 Å². The average molecular weight is 490 g/mol. The van der Waals surface area contributed by atoms with E-state index in [0.29, 0.717) is 27.7 Å². The molecule has 0 aliphatic heterocycles. The number of nitrogens with one attached hydrogen (secondary N) is 1. The number of anilines is 1. The summed E-state index contributed by atoms with van der Waals surface area (Å²) in [6, 6.07) is 25.0. The first kappa shape index (κ1) is 21.8. The molecular formula is C27H19N7OS. The molecule has 0 fully saturated rings. The van der Waals surface area contributed by atoms with Crippen molar-refractivity contribution in [2.24, 2.45) is 0 Å². The molecule has 9 heteroatoms. The second-order valence-corrected chi connectivity index (χ2v) is 9.08. The molecule has 36 heavy (non-hydrogen) atoms. The summed E-state index contributed by atoms with van der Waals surface area (Å²) in [4.78, 5) is 22.2. The lowest BCUT2D eigenvalue weighted by Crippen LogP contribution is -2.11. The Kier molecular flexibility index (Phi) is 5.51. The van der Waals surface area contributed by atoms with E-state index in [1.54, 1.807) is 16.9 Å². The van der Waals surface area contributed by atoms with Crippen molar-refractivity contribution >= 4 is 28.6 Å². The van der Waals surface area contributed by atoms with Gasteiger partial charge in [0, 0.05) is 34.8 Å². The fourth-order valence-corrected chi connectivity index (χ4v) is 4.81. The number of hydrogen-bond donors (Lipinski definition) is 1. The lowest BCUT2D eigenvalue weighted by molar-refractivity contribution is 0.103. The number of benzene rings is 2. The normalized spacial score (nSPS) is 11.0. The highest BCUT2D eigenvalue weighted by molar-refractivity contribution is 7.17. The molecule has 4 heterocycles. The first-order chi connectivity index (χ1) is 17.7. The molecule has 1 N–H and O–H groups in total. The number of rotatable bonds is 5. The highest BCUT2D eigenvalue weighted by Crippen LogP contribution is 2.29. The summed E-state index contributed by atoms with van der Waals surface area (Å²) in [5, 5.41) is 17.0. The van der Waals surface area contributed by atoms with Gasteiger partial charge in [-0.15, -0.1) is 21.5 Å². The van der Waals surface area contributed by atoms with Crippen LogP contribution in [-0.2, 0) is 0 Å². The van der Waals surface area contributed by atoms with Gasteiger partial charge in [0.05, 0.1) is 11.4 Å². The number of pyridine rings is 1. The molecule has 174 valence electrons. The molecule has 8 nitrogen and oxygen atoms in total. The van der Waals surface area contributed by atoms with E-state index in [0.717, 1.165) is 27.4 Å². The maximum absolute atomic E-state index is 12.9. The fourth-order valence-electron chi connectivity index (χ4n) is 3.85. The van der Waals surface area contributed by atoms with Gasteiger partial charge in [-0.3, -0.25) is 9.78 Å². The maximum Gasteiger partial charge on any atom is 0.267 e. The molecule has 0 saturated carbocycles. The summed E-state index contributed by atoms with van der Waals surface area (Å²) in [5.74, 6) is 0.471. The Morgan fingerprint density at radius 2 is 1.61 bits per heavy atom. The number of carbonyl (C=O) groups is 1. The van der Waals surface area contributed by atoms with E-state index < -0.39 is 0 Å². The smallest absolute Gasteiger partial charge is 0.267 e. The van der Waals surface area contributed by atoms with Crippen molar-refractivity contribution in [2.45, 2.75) is 6.92 Å². The molecule has 2 aromatic carbocycles. The molecule has 0 saturated heterocycles. The van der Waals surface area contributed by atoms with E-state index in [1.807, 2.05) is 85.8 Å². The van der Waals surface area contributed by atoms with Gasteiger partial charge in [-0.05, 0) is 43.3 Å². The van der Waals surface area contributed by atoms with E-state index in [4.69, 9.17) is 5.10 Å². The summed E-state index contributed by atoms with van der Waals surface area (Å²) in [5.41, 5.74) is 5.62. The number of carbonyl (C=O) groups excluding carboxylic acids is 1. The topological polar surface area (TPSA) is 98.0 Å². The van der Waals surface area contributed by atoms with Crippen LogP contribution in [0.4, 0.5) is 5.69 Å². The van der Waals surface area contributed by atoms with Gasteiger partial charge >= 0.3 is 0 Å². The molecule has 0 radical (unpaired) electrons.